The molecule has 5 rings (SSSR count). The first-order chi connectivity index (χ1) is 18.9. The van der Waals surface area contributed by atoms with E-state index in [-0.39, 0.29) is 11.3 Å². The predicted molar refractivity (Wildman–Crippen MR) is 162 cm³/mol. The van der Waals surface area contributed by atoms with Gasteiger partial charge in [-0.2, -0.15) is 9.78 Å². The Bertz CT molecular complexity index is 1800. The van der Waals surface area contributed by atoms with Crippen molar-refractivity contribution in [2.24, 2.45) is 5.10 Å². The SMILES string of the molecule is O=C(/C=C/c1ccccc1)Oc1c(Br)cc(Br)cc1C=Nn1c(-c2ccc(Cl)cc2)nc2ccccc2c1=O. The highest BCUT2D eigenvalue weighted by molar-refractivity contribution is 9.11. The lowest BCUT2D eigenvalue weighted by molar-refractivity contribution is -0.128. The molecule has 39 heavy (non-hydrogen) atoms. The van der Waals surface area contributed by atoms with Gasteiger partial charge in [-0.05, 0) is 76.1 Å². The molecule has 6 nitrogen and oxygen atoms in total. The lowest BCUT2D eigenvalue weighted by atomic mass is 10.2. The number of aromatic nitrogens is 2. The molecule has 0 aliphatic carbocycles. The Morgan fingerprint density at radius 2 is 1.67 bits per heavy atom. The van der Waals surface area contributed by atoms with Gasteiger partial charge in [0.05, 0.1) is 21.6 Å². The van der Waals surface area contributed by atoms with Crippen LogP contribution < -0.4 is 10.3 Å². The number of esters is 1. The normalized spacial score (nSPS) is 11.5. The number of hydrogen-bond donors (Lipinski definition) is 0. The van der Waals surface area contributed by atoms with Gasteiger partial charge in [-0.15, -0.1) is 0 Å². The Kier molecular flexibility index (Phi) is 8.16. The molecule has 0 spiro atoms. The van der Waals surface area contributed by atoms with E-state index in [1.54, 1.807) is 60.7 Å². The molecule has 0 amide bonds. The molecule has 0 aliphatic heterocycles. The maximum Gasteiger partial charge on any atom is 0.336 e. The zero-order valence-corrected chi connectivity index (χ0v) is 24.0. The fourth-order valence-electron chi connectivity index (χ4n) is 3.78. The molecule has 4 aromatic carbocycles. The summed E-state index contributed by atoms with van der Waals surface area (Å²) in [6.07, 6.45) is 4.47. The van der Waals surface area contributed by atoms with Crippen molar-refractivity contribution in [3.8, 4) is 17.1 Å². The number of nitrogens with zero attached hydrogens (tertiary/aromatic N) is 3. The number of ether oxygens (including phenoxy) is 1. The second-order valence-electron chi connectivity index (χ2n) is 8.29. The van der Waals surface area contributed by atoms with Gasteiger partial charge in [-0.25, -0.2) is 9.78 Å². The highest BCUT2D eigenvalue weighted by Gasteiger charge is 2.15. The summed E-state index contributed by atoms with van der Waals surface area (Å²) in [6.45, 7) is 0. The first-order valence-electron chi connectivity index (χ1n) is 11.6. The van der Waals surface area contributed by atoms with Crippen LogP contribution in [0.25, 0.3) is 28.4 Å². The van der Waals surface area contributed by atoms with Crippen LogP contribution in [0.15, 0.2) is 116 Å². The third kappa shape index (κ3) is 6.25. The van der Waals surface area contributed by atoms with Crippen LogP contribution in [0.1, 0.15) is 11.1 Å². The monoisotopic (exact) mass is 661 g/mol. The van der Waals surface area contributed by atoms with E-state index in [0.29, 0.717) is 37.3 Å². The summed E-state index contributed by atoms with van der Waals surface area (Å²) in [5.41, 5.74) is 2.18. The molecule has 0 saturated carbocycles. The van der Waals surface area contributed by atoms with Gasteiger partial charge in [0.15, 0.2) is 11.6 Å². The predicted octanol–water partition coefficient (Wildman–Crippen LogP) is 7.74. The molecule has 0 unspecified atom stereocenters. The third-order valence-electron chi connectivity index (χ3n) is 5.62. The molecule has 192 valence electrons. The van der Waals surface area contributed by atoms with E-state index in [1.165, 1.54) is 17.0 Å². The molecule has 0 aliphatic rings. The van der Waals surface area contributed by atoms with Gasteiger partial charge in [0.25, 0.3) is 5.56 Å². The summed E-state index contributed by atoms with van der Waals surface area (Å²) in [5.74, 6) is 0.0208. The zero-order chi connectivity index (χ0) is 27.4. The van der Waals surface area contributed by atoms with Crippen molar-refractivity contribution in [2.75, 3.05) is 0 Å². The Balaban J connectivity index is 1.56. The molecule has 5 aromatic rings. The number of halogens is 3. The largest absolute Gasteiger partial charge is 0.421 e. The van der Waals surface area contributed by atoms with Crippen LogP contribution in [0.3, 0.4) is 0 Å². The van der Waals surface area contributed by atoms with Crippen molar-refractivity contribution < 1.29 is 9.53 Å². The van der Waals surface area contributed by atoms with Crippen LogP contribution in [-0.4, -0.2) is 21.8 Å². The minimum Gasteiger partial charge on any atom is -0.421 e. The van der Waals surface area contributed by atoms with Crippen LogP contribution in [0.2, 0.25) is 5.02 Å². The number of benzene rings is 4. The van der Waals surface area contributed by atoms with Crippen molar-refractivity contribution in [3.05, 3.63) is 133 Å². The fraction of sp³-hybridized carbons (Fsp3) is 0. The van der Waals surface area contributed by atoms with Gasteiger partial charge >= 0.3 is 5.97 Å². The average Bonchev–Trinajstić information content (AvgIpc) is 2.94. The van der Waals surface area contributed by atoms with Crippen molar-refractivity contribution in [2.45, 2.75) is 0 Å². The number of carbonyl (C=O) groups is 1. The van der Waals surface area contributed by atoms with Crippen molar-refractivity contribution in [3.63, 3.8) is 0 Å². The van der Waals surface area contributed by atoms with Crippen LogP contribution >= 0.6 is 43.5 Å². The summed E-state index contributed by atoms with van der Waals surface area (Å²) in [5, 5.41) is 5.48. The molecule has 0 N–H and O–H groups in total. The van der Waals surface area contributed by atoms with E-state index < -0.39 is 5.97 Å². The number of fused-ring (bicyclic) bond motifs is 1. The molecule has 1 heterocycles. The maximum atomic E-state index is 13.5. The van der Waals surface area contributed by atoms with E-state index >= 15 is 0 Å². The van der Waals surface area contributed by atoms with Crippen LogP contribution in [0, 0.1) is 0 Å². The standard InChI is InChI=1S/C30H18Br2ClN3O3/c31-22-16-21(28(25(32)17-22)39-27(37)15-10-19-6-2-1-3-7-19)18-34-36-29(20-11-13-23(33)14-12-20)35-26-9-5-4-8-24(26)30(36)38/h1-18H/b15-10+,34-18?. The number of rotatable bonds is 6. The average molecular weight is 664 g/mol. The van der Waals surface area contributed by atoms with E-state index in [9.17, 15) is 9.59 Å². The Hall–Kier alpha value is -3.85. The minimum atomic E-state index is -0.567. The lowest BCUT2D eigenvalue weighted by Crippen LogP contribution is -2.20. The topological polar surface area (TPSA) is 73.5 Å². The third-order valence-corrected chi connectivity index (χ3v) is 6.92. The number of para-hydroxylation sites is 1. The van der Waals surface area contributed by atoms with E-state index in [1.807, 2.05) is 36.4 Å². The van der Waals surface area contributed by atoms with Crippen LogP contribution in [-0.2, 0) is 4.79 Å². The molecule has 1 aromatic heterocycles. The molecular weight excluding hydrogens is 646 g/mol. The van der Waals surface area contributed by atoms with Crippen molar-refractivity contribution >= 4 is 72.6 Å². The molecular formula is C30H18Br2ClN3O3. The van der Waals surface area contributed by atoms with E-state index in [4.69, 9.17) is 21.3 Å². The molecule has 0 saturated heterocycles. The smallest absolute Gasteiger partial charge is 0.336 e. The zero-order valence-electron chi connectivity index (χ0n) is 20.1. The summed E-state index contributed by atoms with van der Waals surface area (Å²) in [6, 6.07) is 27.0. The first kappa shape index (κ1) is 26.7. The number of hydrogen-bond acceptors (Lipinski definition) is 5. The van der Waals surface area contributed by atoms with E-state index in [2.05, 4.69) is 37.0 Å². The van der Waals surface area contributed by atoms with E-state index in [0.717, 1.165) is 10.0 Å². The molecule has 0 atom stereocenters. The quantitative estimate of drug-likeness (QED) is 0.0807. The Morgan fingerprint density at radius 1 is 0.949 bits per heavy atom. The minimum absolute atomic E-state index is 0.250. The van der Waals surface area contributed by atoms with Gasteiger partial charge in [0.1, 0.15) is 0 Å². The molecule has 0 fully saturated rings. The summed E-state index contributed by atoms with van der Waals surface area (Å²) >= 11 is 13.0. The maximum absolute atomic E-state index is 13.5. The second kappa shape index (κ2) is 11.9. The summed E-state index contributed by atoms with van der Waals surface area (Å²) < 4.78 is 8.14. The van der Waals surface area contributed by atoms with Gasteiger partial charge in [0, 0.05) is 26.7 Å². The van der Waals surface area contributed by atoms with Gasteiger partial charge in [-0.1, -0.05) is 70.0 Å². The Labute approximate surface area is 245 Å². The van der Waals surface area contributed by atoms with Crippen molar-refractivity contribution in [1.29, 1.82) is 0 Å². The van der Waals surface area contributed by atoms with Gasteiger partial charge in [0.2, 0.25) is 0 Å². The highest BCUT2D eigenvalue weighted by Crippen LogP contribution is 2.32. The highest BCUT2D eigenvalue weighted by atomic mass is 79.9. The molecule has 0 radical (unpaired) electrons. The van der Waals surface area contributed by atoms with Crippen LogP contribution in [0.4, 0.5) is 0 Å². The molecule has 0 bridgehead atoms. The Morgan fingerprint density at radius 3 is 2.44 bits per heavy atom. The van der Waals surface area contributed by atoms with Gasteiger partial charge < -0.3 is 4.74 Å². The van der Waals surface area contributed by atoms with Crippen LogP contribution in [0.5, 0.6) is 5.75 Å². The van der Waals surface area contributed by atoms with Gasteiger partial charge in [-0.3, -0.25) is 4.79 Å². The van der Waals surface area contributed by atoms with Crippen molar-refractivity contribution in [1.82, 2.24) is 9.66 Å². The second-order valence-corrected chi connectivity index (χ2v) is 10.5. The first-order valence-corrected chi connectivity index (χ1v) is 13.6. The lowest BCUT2D eigenvalue weighted by Gasteiger charge is -2.11. The summed E-state index contributed by atoms with van der Waals surface area (Å²) in [4.78, 5) is 30.9. The molecule has 9 heteroatoms. The fourth-order valence-corrected chi connectivity index (χ4v) is 5.25. The number of carbonyl (C=O) groups excluding carboxylic acids is 1. The summed E-state index contributed by atoms with van der Waals surface area (Å²) in [7, 11) is 0.